The molecule has 1 heterocycles. The number of aromatic nitrogens is 2. The van der Waals surface area contributed by atoms with E-state index in [9.17, 15) is 9.90 Å². The van der Waals surface area contributed by atoms with Crippen LogP contribution in [0.25, 0.3) is 11.0 Å². The Morgan fingerprint density at radius 2 is 2.15 bits per heavy atom. The van der Waals surface area contributed by atoms with Crippen LogP contribution in [0.2, 0.25) is 0 Å². The van der Waals surface area contributed by atoms with Gasteiger partial charge in [0.1, 0.15) is 11.3 Å². The number of rotatable bonds is 4. The molecule has 0 saturated heterocycles. The number of carbonyl (C=O) groups is 1. The van der Waals surface area contributed by atoms with Gasteiger partial charge in [-0.3, -0.25) is 0 Å². The van der Waals surface area contributed by atoms with Gasteiger partial charge in [0.05, 0.1) is 11.1 Å². The highest BCUT2D eigenvalue weighted by Gasteiger charge is 2.24. The lowest BCUT2D eigenvalue weighted by molar-refractivity contribution is 0.0699. The number of hydrogen-bond donors (Lipinski definition) is 1. The lowest BCUT2D eigenvalue weighted by Crippen LogP contribution is -2.09. The summed E-state index contributed by atoms with van der Waals surface area (Å²) < 4.78 is 2.30. The van der Waals surface area contributed by atoms with Gasteiger partial charge in [0, 0.05) is 12.5 Å². The van der Waals surface area contributed by atoms with Gasteiger partial charge in [-0.15, -0.1) is 0 Å². The highest BCUT2D eigenvalue weighted by molar-refractivity contribution is 6.01. The fourth-order valence-electron chi connectivity index (χ4n) is 3.31. The maximum absolute atomic E-state index is 11.4. The van der Waals surface area contributed by atoms with Gasteiger partial charge in [0.25, 0.3) is 0 Å². The number of hydrogen-bond acceptors (Lipinski definition) is 2. The topological polar surface area (TPSA) is 55.1 Å². The van der Waals surface area contributed by atoms with Crippen molar-refractivity contribution in [2.24, 2.45) is 0 Å². The van der Waals surface area contributed by atoms with Crippen LogP contribution in [0.15, 0.2) is 18.2 Å². The van der Waals surface area contributed by atoms with Crippen molar-refractivity contribution in [3.8, 4) is 0 Å². The normalized spacial score (nSPS) is 16.1. The third kappa shape index (κ3) is 2.09. The smallest absolute Gasteiger partial charge is 0.337 e. The minimum absolute atomic E-state index is 0.316. The van der Waals surface area contributed by atoms with Gasteiger partial charge in [0.2, 0.25) is 0 Å². The minimum atomic E-state index is -0.894. The molecule has 1 saturated carbocycles. The summed E-state index contributed by atoms with van der Waals surface area (Å²) in [4.78, 5) is 16.0. The van der Waals surface area contributed by atoms with E-state index in [4.69, 9.17) is 0 Å². The molecule has 1 aliphatic carbocycles. The molecule has 0 unspecified atom stereocenters. The molecule has 0 radical (unpaired) electrons. The maximum Gasteiger partial charge on any atom is 0.337 e. The molecule has 4 nitrogen and oxygen atoms in total. The molecule has 1 aromatic heterocycles. The number of carboxylic acid groups (broad SMARTS) is 1. The Labute approximate surface area is 118 Å². The van der Waals surface area contributed by atoms with Gasteiger partial charge in [-0.25, -0.2) is 9.78 Å². The van der Waals surface area contributed by atoms with Gasteiger partial charge in [-0.05, 0) is 31.4 Å². The summed E-state index contributed by atoms with van der Waals surface area (Å²) in [6.07, 6.45) is 6.81. The molecule has 4 heteroatoms. The average molecular weight is 272 g/mol. The zero-order chi connectivity index (χ0) is 14.1. The quantitative estimate of drug-likeness (QED) is 0.921. The second-order valence-corrected chi connectivity index (χ2v) is 5.56. The van der Waals surface area contributed by atoms with E-state index in [1.165, 1.54) is 25.7 Å². The van der Waals surface area contributed by atoms with Crippen molar-refractivity contribution < 1.29 is 9.90 Å². The third-order valence-corrected chi connectivity index (χ3v) is 4.19. The predicted octanol–water partition coefficient (Wildman–Crippen LogP) is 3.80. The number of aromatic carboxylic acids is 1. The van der Waals surface area contributed by atoms with Crippen molar-refractivity contribution in [3.63, 3.8) is 0 Å². The lowest BCUT2D eigenvalue weighted by Gasteiger charge is -2.16. The molecule has 0 aliphatic heterocycles. The largest absolute Gasteiger partial charge is 0.478 e. The van der Waals surface area contributed by atoms with Crippen molar-refractivity contribution in [3.05, 3.63) is 29.6 Å². The first kappa shape index (κ1) is 13.2. The van der Waals surface area contributed by atoms with Gasteiger partial charge < -0.3 is 9.67 Å². The van der Waals surface area contributed by atoms with Crippen molar-refractivity contribution >= 4 is 17.0 Å². The second-order valence-electron chi connectivity index (χ2n) is 5.56. The van der Waals surface area contributed by atoms with Crippen molar-refractivity contribution in [1.29, 1.82) is 0 Å². The third-order valence-electron chi connectivity index (χ3n) is 4.19. The van der Waals surface area contributed by atoms with E-state index in [0.717, 1.165) is 24.2 Å². The molecular weight excluding hydrogens is 252 g/mol. The molecule has 106 valence electrons. The van der Waals surface area contributed by atoms with Gasteiger partial charge >= 0.3 is 5.97 Å². The Morgan fingerprint density at radius 3 is 2.80 bits per heavy atom. The molecule has 3 rings (SSSR count). The Bertz CT molecular complexity index is 639. The zero-order valence-corrected chi connectivity index (χ0v) is 11.8. The average Bonchev–Trinajstić information content (AvgIpc) is 3.04. The first-order valence-corrected chi connectivity index (χ1v) is 7.45. The molecule has 2 aromatic rings. The van der Waals surface area contributed by atoms with Crippen LogP contribution < -0.4 is 0 Å². The Balaban J connectivity index is 2.21. The summed E-state index contributed by atoms with van der Waals surface area (Å²) in [6, 6.07) is 5.97. The molecular formula is C16H20N2O2. The van der Waals surface area contributed by atoms with Crippen LogP contribution >= 0.6 is 0 Å². The van der Waals surface area contributed by atoms with Gasteiger partial charge in [0.15, 0.2) is 0 Å². The summed E-state index contributed by atoms with van der Waals surface area (Å²) in [7, 11) is 0. The minimum Gasteiger partial charge on any atom is -0.478 e. The van der Waals surface area contributed by atoms with Crippen LogP contribution in [0.1, 0.15) is 61.3 Å². The first-order valence-electron chi connectivity index (χ1n) is 7.45. The predicted molar refractivity (Wildman–Crippen MR) is 78.2 cm³/mol. The van der Waals surface area contributed by atoms with Gasteiger partial charge in [-0.1, -0.05) is 25.8 Å². The van der Waals surface area contributed by atoms with Crippen LogP contribution in [0.5, 0.6) is 0 Å². The van der Waals surface area contributed by atoms with E-state index in [1.807, 2.05) is 12.1 Å². The van der Waals surface area contributed by atoms with Gasteiger partial charge in [-0.2, -0.15) is 0 Å². The van der Waals surface area contributed by atoms with E-state index >= 15 is 0 Å². The van der Waals surface area contributed by atoms with E-state index < -0.39 is 5.97 Å². The number of aryl methyl sites for hydroxylation is 1. The number of para-hydroxylation sites is 1. The number of nitrogens with zero attached hydrogens (tertiary/aromatic N) is 2. The highest BCUT2D eigenvalue weighted by atomic mass is 16.4. The van der Waals surface area contributed by atoms with E-state index in [2.05, 4.69) is 16.5 Å². The van der Waals surface area contributed by atoms with Crippen LogP contribution in [-0.2, 0) is 6.42 Å². The molecule has 0 spiro atoms. The molecule has 20 heavy (non-hydrogen) atoms. The van der Waals surface area contributed by atoms with Crippen LogP contribution in [-0.4, -0.2) is 20.6 Å². The second kappa shape index (κ2) is 5.27. The van der Waals surface area contributed by atoms with E-state index in [1.54, 1.807) is 6.07 Å². The maximum atomic E-state index is 11.4. The number of fused-ring (bicyclic) bond motifs is 1. The molecule has 0 atom stereocenters. The fraction of sp³-hybridized carbons (Fsp3) is 0.500. The van der Waals surface area contributed by atoms with Crippen LogP contribution in [0.3, 0.4) is 0 Å². The van der Waals surface area contributed by atoms with Crippen LogP contribution in [0, 0.1) is 0 Å². The summed E-state index contributed by atoms with van der Waals surface area (Å²) in [5.41, 5.74) is 1.95. The van der Waals surface area contributed by atoms with E-state index in [0.29, 0.717) is 17.1 Å². The first-order chi connectivity index (χ1) is 9.72. The summed E-state index contributed by atoms with van der Waals surface area (Å²) in [5.74, 6) is 0.151. The molecule has 0 amide bonds. The summed E-state index contributed by atoms with van der Waals surface area (Å²) >= 11 is 0. The highest BCUT2D eigenvalue weighted by Crippen LogP contribution is 2.34. The SMILES string of the molecule is CCCc1nc2c(C(=O)O)cccc2n1C1CCCC1. The van der Waals surface area contributed by atoms with Crippen molar-refractivity contribution in [1.82, 2.24) is 9.55 Å². The molecule has 1 fully saturated rings. The molecule has 1 aromatic carbocycles. The molecule has 1 N–H and O–H groups in total. The number of imidazole rings is 1. The van der Waals surface area contributed by atoms with E-state index in [-0.39, 0.29) is 0 Å². The Kier molecular flexibility index (Phi) is 3.47. The Morgan fingerprint density at radius 1 is 1.40 bits per heavy atom. The standard InChI is InChI=1S/C16H20N2O2/c1-2-6-14-17-15-12(16(19)20)9-5-10-13(15)18(14)11-7-3-4-8-11/h5,9-11H,2-4,6-8H2,1H3,(H,19,20). The van der Waals surface area contributed by atoms with Crippen LogP contribution in [0.4, 0.5) is 0 Å². The number of benzene rings is 1. The van der Waals surface area contributed by atoms with Crippen molar-refractivity contribution in [2.45, 2.75) is 51.5 Å². The molecule has 1 aliphatic rings. The fourth-order valence-corrected chi connectivity index (χ4v) is 3.31. The summed E-state index contributed by atoms with van der Waals surface area (Å²) in [6.45, 7) is 2.14. The Hall–Kier alpha value is -1.84. The lowest BCUT2D eigenvalue weighted by atomic mass is 10.1. The zero-order valence-electron chi connectivity index (χ0n) is 11.8. The van der Waals surface area contributed by atoms with Crippen molar-refractivity contribution in [2.75, 3.05) is 0 Å². The molecule has 0 bridgehead atoms. The summed E-state index contributed by atoms with van der Waals surface area (Å²) in [5, 5.41) is 9.33. The number of carboxylic acids is 1. The monoisotopic (exact) mass is 272 g/mol.